The van der Waals surface area contributed by atoms with E-state index < -0.39 is 12.0 Å². The van der Waals surface area contributed by atoms with Gasteiger partial charge in [-0.25, -0.2) is 4.79 Å². The van der Waals surface area contributed by atoms with Crippen LogP contribution in [0.15, 0.2) is 59.7 Å². The number of nitrogens with one attached hydrogen (secondary N) is 1. The van der Waals surface area contributed by atoms with Crippen LogP contribution in [0.2, 0.25) is 0 Å². The number of nitrogens with zero attached hydrogens (tertiary/aromatic N) is 1. The fraction of sp³-hybridized carbons (Fsp3) is 0.111. The molecule has 0 bridgehead atoms. The number of para-hydroxylation sites is 2. The highest BCUT2D eigenvalue weighted by molar-refractivity contribution is 5.87. The Hall–Kier alpha value is -3.08. The van der Waals surface area contributed by atoms with Gasteiger partial charge in [0.15, 0.2) is 6.04 Å². The van der Waals surface area contributed by atoms with Gasteiger partial charge in [-0.15, -0.1) is 0 Å². The van der Waals surface area contributed by atoms with Crippen LogP contribution in [0, 0.1) is 0 Å². The molecule has 5 nitrogen and oxygen atoms in total. The number of phenols is 1. The number of aromatic hydroxyl groups is 1. The maximum atomic E-state index is 11.5. The SMILES string of the molecule is O=C(O)C(Cc1c[nH]c2ccccc12)N=Cc1ccccc1O. The Bertz CT molecular complexity index is 867. The van der Waals surface area contributed by atoms with E-state index in [1.165, 1.54) is 12.3 Å². The Balaban J connectivity index is 1.85. The highest BCUT2D eigenvalue weighted by Crippen LogP contribution is 2.20. The number of carboxylic acids is 1. The van der Waals surface area contributed by atoms with Crippen LogP contribution in [0.3, 0.4) is 0 Å². The molecule has 5 heteroatoms. The third-order valence-electron chi connectivity index (χ3n) is 3.70. The molecular formula is C18H16N2O3. The van der Waals surface area contributed by atoms with E-state index in [0.717, 1.165) is 16.5 Å². The summed E-state index contributed by atoms with van der Waals surface area (Å²) >= 11 is 0. The number of aliphatic carboxylic acids is 1. The summed E-state index contributed by atoms with van der Waals surface area (Å²) in [4.78, 5) is 18.7. The number of phenolic OH excluding ortho intramolecular Hbond substituents is 1. The van der Waals surface area contributed by atoms with Gasteiger partial charge < -0.3 is 15.2 Å². The number of hydrogen-bond acceptors (Lipinski definition) is 3. The lowest BCUT2D eigenvalue weighted by molar-refractivity contribution is -0.138. The van der Waals surface area contributed by atoms with Crippen LogP contribution < -0.4 is 0 Å². The Morgan fingerprint density at radius 1 is 1.17 bits per heavy atom. The highest BCUT2D eigenvalue weighted by atomic mass is 16.4. The largest absolute Gasteiger partial charge is 0.507 e. The van der Waals surface area contributed by atoms with Crippen LogP contribution in [0.1, 0.15) is 11.1 Å². The smallest absolute Gasteiger partial charge is 0.328 e. The van der Waals surface area contributed by atoms with Crippen molar-refractivity contribution in [1.82, 2.24) is 4.98 Å². The van der Waals surface area contributed by atoms with Gasteiger partial charge in [-0.3, -0.25) is 4.99 Å². The Morgan fingerprint density at radius 2 is 1.91 bits per heavy atom. The third-order valence-corrected chi connectivity index (χ3v) is 3.70. The van der Waals surface area contributed by atoms with Gasteiger partial charge in [0.2, 0.25) is 0 Å². The van der Waals surface area contributed by atoms with E-state index in [9.17, 15) is 15.0 Å². The summed E-state index contributed by atoms with van der Waals surface area (Å²) in [7, 11) is 0. The average molecular weight is 308 g/mol. The number of H-pyrrole nitrogens is 1. The van der Waals surface area contributed by atoms with Crippen LogP contribution >= 0.6 is 0 Å². The standard InChI is InChI=1S/C18H16N2O3/c21-17-8-4-1-5-12(17)10-20-16(18(22)23)9-13-11-19-15-7-3-2-6-14(13)15/h1-8,10-11,16,19,21H,9H2,(H,22,23). The normalized spacial score (nSPS) is 12.7. The van der Waals surface area contributed by atoms with E-state index in [4.69, 9.17) is 0 Å². The number of aromatic nitrogens is 1. The van der Waals surface area contributed by atoms with Crippen LogP contribution in [0.25, 0.3) is 10.9 Å². The number of aliphatic imine (C=N–C) groups is 1. The van der Waals surface area contributed by atoms with E-state index in [2.05, 4.69) is 9.98 Å². The Labute approximate surface area is 132 Å². The molecule has 0 aliphatic rings. The molecule has 1 unspecified atom stereocenters. The highest BCUT2D eigenvalue weighted by Gasteiger charge is 2.18. The second-order valence-electron chi connectivity index (χ2n) is 5.25. The molecule has 1 atom stereocenters. The monoisotopic (exact) mass is 308 g/mol. The molecule has 0 aliphatic carbocycles. The summed E-state index contributed by atoms with van der Waals surface area (Å²) in [5.74, 6) is -0.922. The van der Waals surface area contributed by atoms with Crippen molar-refractivity contribution in [2.45, 2.75) is 12.5 Å². The molecule has 116 valence electrons. The topological polar surface area (TPSA) is 85.7 Å². The van der Waals surface area contributed by atoms with Crippen LogP contribution in [-0.4, -0.2) is 33.4 Å². The molecule has 0 spiro atoms. The first-order valence-electron chi connectivity index (χ1n) is 7.24. The van der Waals surface area contributed by atoms with Gasteiger partial charge in [0.05, 0.1) is 0 Å². The molecule has 0 saturated heterocycles. The maximum absolute atomic E-state index is 11.5. The van der Waals surface area contributed by atoms with Crippen molar-refractivity contribution in [2.75, 3.05) is 0 Å². The molecule has 0 fully saturated rings. The van der Waals surface area contributed by atoms with Gasteiger partial charge in [-0.1, -0.05) is 30.3 Å². The molecular weight excluding hydrogens is 292 g/mol. The second-order valence-corrected chi connectivity index (χ2v) is 5.25. The summed E-state index contributed by atoms with van der Waals surface area (Å²) < 4.78 is 0. The molecule has 23 heavy (non-hydrogen) atoms. The van der Waals surface area contributed by atoms with Crippen molar-refractivity contribution in [2.24, 2.45) is 4.99 Å². The van der Waals surface area contributed by atoms with Crippen molar-refractivity contribution in [1.29, 1.82) is 0 Å². The molecule has 2 aromatic carbocycles. The molecule has 0 aliphatic heterocycles. The molecule has 3 rings (SSSR count). The first-order valence-corrected chi connectivity index (χ1v) is 7.24. The first-order chi connectivity index (χ1) is 11.1. The number of hydrogen-bond donors (Lipinski definition) is 3. The van der Waals surface area contributed by atoms with Gasteiger partial charge >= 0.3 is 5.97 Å². The zero-order valence-electron chi connectivity index (χ0n) is 12.3. The number of carboxylic acid groups (broad SMARTS) is 1. The lowest BCUT2D eigenvalue weighted by atomic mass is 10.1. The minimum atomic E-state index is -0.998. The van der Waals surface area contributed by atoms with Gasteiger partial charge in [0, 0.05) is 35.3 Å². The lowest BCUT2D eigenvalue weighted by Crippen LogP contribution is -2.20. The van der Waals surface area contributed by atoms with Gasteiger partial charge in [0.25, 0.3) is 0 Å². The molecule has 0 amide bonds. The summed E-state index contributed by atoms with van der Waals surface area (Å²) in [6, 6.07) is 13.5. The molecule has 3 aromatic rings. The second kappa shape index (κ2) is 6.36. The number of carbonyl (C=O) groups is 1. The number of benzene rings is 2. The number of rotatable bonds is 5. The fourth-order valence-electron chi connectivity index (χ4n) is 2.48. The summed E-state index contributed by atoms with van der Waals surface area (Å²) in [6.07, 6.45) is 3.50. The average Bonchev–Trinajstić information content (AvgIpc) is 2.95. The summed E-state index contributed by atoms with van der Waals surface area (Å²) in [5.41, 5.74) is 2.37. The molecule has 0 saturated carbocycles. The Morgan fingerprint density at radius 3 is 2.70 bits per heavy atom. The van der Waals surface area contributed by atoms with Crippen molar-refractivity contribution in [3.05, 3.63) is 65.9 Å². The van der Waals surface area contributed by atoms with Crippen LogP contribution in [-0.2, 0) is 11.2 Å². The third kappa shape index (κ3) is 3.23. The number of fused-ring (bicyclic) bond motifs is 1. The molecule has 0 radical (unpaired) electrons. The predicted molar refractivity (Wildman–Crippen MR) is 89.1 cm³/mol. The zero-order valence-corrected chi connectivity index (χ0v) is 12.3. The fourth-order valence-corrected chi connectivity index (χ4v) is 2.48. The molecule has 3 N–H and O–H groups in total. The van der Waals surface area contributed by atoms with Crippen LogP contribution in [0.5, 0.6) is 5.75 Å². The van der Waals surface area contributed by atoms with Crippen LogP contribution in [0.4, 0.5) is 0 Å². The van der Waals surface area contributed by atoms with E-state index in [1.54, 1.807) is 18.2 Å². The zero-order chi connectivity index (χ0) is 16.2. The summed E-state index contributed by atoms with van der Waals surface area (Å²) in [5, 5.41) is 20.1. The molecule has 1 heterocycles. The van der Waals surface area contributed by atoms with Crippen molar-refractivity contribution >= 4 is 23.1 Å². The summed E-state index contributed by atoms with van der Waals surface area (Å²) in [6.45, 7) is 0. The van der Waals surface area contributed by atoms with Crippen molar-refractivity contribution in [3.8, 4) is 5.75 Å². The maximum Gasteiger partial charge on any atom is 0.328 e. The van der Waals surface area contributed by atoms with Gasteiger partial charge in [-0.05, 0) is 23.8 Å². The van der Waals surface area contributed by atoms with Gasteiger partial charge in [-0.2, -0.15) is 0 Å². The van der Waals surface area contributed by atoms with E-state index in [0.29, 0.717) is 5.56 Å². The van der Waals surface area contributed by atoms with E-state index >= 15 is 0 Å². The minimum Gasteiger partial charge on any atom is -0.507 e. The first kappa shape index (κ1) is 14.8. The quantitative estimate of drug-likeness (QED) is 0.633. The Kier molecular flexibility index (Phi) is 4.10. The minimum absolute atomic E-state index is 0.0764. The van der Waals surface area contributed by atoms with Gasteiger partial charge in [0.1, 0.15) is 5.75 Å². The van der Waals surface area contributed by atoms with E-state index in [1.807, 2.05) is 30.5 Å². The van der Waals surface area contributed by atoms with Crippen molar-refractivity contribution in [3.63, 3.8) is 0 Å². The predicted octanol–water partition coefficient (Wildman–Crippen LogP) is 2.99. The number of aromatic amines is 1. The molecule has 1 aromatic heterocycles. The van der Waals surface area contributed by atoms with Crippen molar-refractivity contribution < 1.29 is 15.0 Å². The van der Waals surface area contributed by atoms with E-state index in [-0.39, 0.29) is 12.2 Å². The lowest BCUT2D eigenvalue weighted by Gasteiger charge is -2.07.